The van der Waals surface area contributed by atoms with Gasteiger partial charge < -0.3 is 4.90 Å². The molecule has 5 heteroatoms. The van der Waals surface area contributed by atoms with Crippen LogP contribution in [0.25, 0.3) is 0 Å². The van der Waals surface area contributed by atoms with E-state index in [0.717, 1.165) is 36.4 Å². The van der Waals surface area contributed by atoms with E-state index in [1.54, 1.807) is 12.4 Å². The lowest BCUT2D eigenvalue weighted by molar-refractivity contribution is -0.0493. The molecule has 0 saturated carbocycles. The Morgan fingerprint density at radius 3 is 2.81 bits per heavy atom. The van der Waals surface area contributed by atoms with Gasteiger partial charge in [0.05, 0.1) is 10.9 Å². The van der Waals surface area contributed by atoms with Gasteiger partial charge in [0.15, 0.2) is 0 Å². The Bertz CT molecular complexity index is 524. The first-order valence-corrected chi connectivity index (χ1v) is 8.75. The SMILES string of the molecule is CCSC(C)N1CC2CC(C1)N2C(=O)c1cnccc1C. The van der Waals surface area contributed by atoms with Crippen LogP contribution in [0.15, 0.2) is 18.5 Å². The number of carbonyl (C=O) groups is 1. The van der Waals surface area contributed by atoms with Crippen molar-refractivity contribution in [1.29, 1.82) is 0 Å². The van der Waals surface area contributed by atoms with Crippen LogP contribution in [0.1, 0.15) is 36.2 Å². The molecule has 3 aliphatic rings. The Morgan fingerprint density at radius 1 is 1.48 bits per heavy atom. The zero-order valence-electron chi connectivity index (χ0n) is 13.0. The minimum atomic E-state index is 0.164. The lowest BCUT2D eigenvalue weighted by Crippen LogP contribution is -2.70. The number of thioether (sulfide) groups is 1. The molecule has 114 valence electrons. The van der Waals surface area contributed by atoms with Gasteiger partial charge in [0.25, 0.3) is 5.91 Å². The minimum Gasteiger partial charge on any atom is -0.330 e. The van der Waals surface area contributed by atoms with Gasteiger partial charge in [-0.1, -0.05) is 6.92 Å². The highest BCUT2D eigenvalue weighted by molar-refractivity contribution is 7.99. The molecular formula is C16H23N3OS. The lowest BCUT2D eigenvalue weighted by Gasteiger charge is -2.57. The van der Waals surface area contributed by atoms with Crippen molar-refractivity contribution in [3.63, 3.8) is 0 Å². The second-order valence-corrected chi connectivity index (χ2v) is 7.55. The van der Waals surface area contributed by atoms with Gasteiger partial charge in [-0.2, -0.15) is 0 Å². The maximum absolute atomic E-state index is 12.7. The van der Waals surface area contributed by atoms with Crippen molar-refractivity contribution in [2.24, 2.45) is 0 Å². The predicted molar refractivity (Wildman–Crippen MR) is 86.5 cm³/mol. The first kappa shape index (κ1) is 14.9. The summed E-state index contributed by atoms with van der Waals surface area (Å²) in [5.74, 6) is 1.31. The van der Waals surface area contributed by atoms with Gasteiger partial charge in [-0.25, -0.2) is 0 Å². The van der Waals surface area contributed by atoms with Crippen molar-refractivity contribution in [1.82, 2.24) is 14.8 Å². The third-order valence-electron chi connectivity index (χ3n) is 4.65. The van der Waals surface area contributed by atoms with Crippen molar-refractivity contribution in [3.05, 3.63) is 29.6 Å². The van der Waals surface area contributed by atoms with Crippen molar-refractivity contribution in [3.8, 4) is 0 Å². The highest BCUT2D eigenvalue weighted by Gasteiger charge is 2.48. The summed E-state index contributed by atoms with van der Waals surface area (Å²) in [6.07, 6.45) is 4.61. The smallest absolute Gasteiger partial charge is 0.256 e. The molecule has 3 saturated heterocycles. The Morgan fingerprint density at radius 2 is 2.19 bits per heavy atom. The van der Waals surface area contributed by atoms with Gasteiger partial charge in [0.2, 0.25) is 0 Å². The normalized spacial score (nSPS) is 26.3. The zero-order chi connectivity index (χ0) is 15.0. The van der Waals surface area contributed by atoms with E-state index in [4.69, 9.17) is 0 Å². The number of nitrogens with zero attached hydrogens (tertiary/aromatic N) is 3. The van der Waals surface area contributed by atoms with Crippen molar-refractivity contribution in [2.75, 3.05) is 18.8 Å². The zero-order valence-corrected chi connectivity index (χ0v) is 13.8. The fourth-order valence-electron chi connectivity index (χ4n) is 3.44. The second kappa shape index (κ2) is 5.97. The van der Waals surface area contributed by atoms with Crippen LogP contribution in [0.5, 0.6) is 0 Å². The Labute approximate surface area is 130 Å². The van der Waals surface area contributed by atoms with Crippen LogP contribution in [0.3, 0.4) is 0 Å². The summed E-state index contributed by atoms with van der Waals surface area (Å²) in [6.45, 7) is 8.48. The Hall–Kier alpha value is -1.07. The first-order chi connectivity index (χ1) is 10.1. The molecule has 1 aromatic heterocycles. The molecule has 4 rings (SSSR count). The van der Waals surface area contributed by atoms with E-state index in [2.05, 4.69) is 28.6 Å². The van der Waals surface area contributed by atoms with Gasteiger partial charge in [0.1, 0.15) is 0 Å². The van der Waals surface area contributed by atoms with Gasteiger partial charge in [0, 0.05) is 37.6 Å². The number of pyridine rings is 1. The standard InChI is InChI=1S/C16H23N3OS/c1-4-21-12(3)18-9-13-7-14(10-18)19(13)16(20)15-8-17-6-5-11(15)2/h5-6,8,12-14H,4,7,9-10H2,1-3H3. The highest BCUT2D eigenvalue weighted by Crippen LogP contribution is 2.36. The van der Waals surface area contributed by atoms with E-state index < -0.39 is 0 Å². The van der Waals surface area contributed by atoms with Crippen molar-refractivity contribution >= 4 is 17.7 Å². The molecule has 4 nitrogen and oxygen atoms in total. The number of piperazine rings is 1. The van der Waals surface area contributed by atoms with Crippen LogP contribution < -0.4 is 0 Å². The quantitative estimate of drug-likeness (QED) is 0.856. The van der Waals surface area contributed by atoms with E-state index in [1.807, 2.05) is 24.8 Å². The predicted octanol–water partition coefficient (Wildman–Crippen LogP) is 2.39. The lowest BCUT2D eigenvalue weighted by atomic mass is 9.86. The molecule has 0 spiro atoms. The van der Waals surface area contributed by atoms with Gasteiger partial charge in [-0.3, -0.25) is 14.7 Å². The Kier molecular flexibility index (Phi) is 4.22. The summed E-state index contributed by atoms with van der Waals surface area (Å²) < 4.78 is 0. The van der Waals surface area contributed by atoms with Crippen molar-refractivity contribution in [2.45, 2.75) is 44.6 Å². The maximum Gasteiger partial charge on any atom is 0.256 e. The van der Waals surface area contributed by atoms with E-state index >= 15 is 0 Å². The first-order valence-electron chi connectivity index (χ1n) is 7.70. The number of hydrogen-bond acceptors (Lipinski definition) is 4. The third kappa shape index (κ3) is 2.69. The average Bonchev–Trinajstić information content (AvgIpc) is 2.48. The molecule has 21 heavy (non-hydrogen) atoms. The monoisotopic (exact) mass is 305 g/mol. The molecular weight excluding hydrogens is 282 g/mol. The van der Waals surface area contributed by atoms with Crippen LogP contribution in [0.4, 0.5) is 0 Å². The van der Waals surface area contributed by atoms with Crippen LogP contribution in [0, 0.1) is 6.92 Å². The molecule has 2 bridgehead atoms. The van der Waals surface area contributed by atoms with E-state index in [9.17, 15) is 4.79 Å². The van der Waals surface area contributed by atoms with E-state index in [1.165, 1.54) is 0 Å². The van der Waals surface area contributed by atoms with Crippen LogP contribution in [0.2, 0.25) is 0 Å². The highest BCUT2D eigenvalue weighted by atomic mass is 32.2. The minimum absolute atomic E-state index is 0.164. The number of piperidine rings is 1. The summed E-state index contributed by atoms with van der Waals surface area (Å²) in [4.78, 5) is 21.4. The summed E-state index contributed by atoms with van der Waals surface area (Å²) in [7, 11) is 0. The summed E-state index contributed by atoms with van der Waals surface area (Å²) in [5, 5.41) is 0.553. The van der Waals surface area contributed by atoms with Crippen LogP contribution in [-0.4, -0.2) is 57.0 Å². The van der Waals surface area contributed by atoms with Gasteiger partial charge in [-0.15, -0.1) is 11.8 Å². The van der Waals surface area contributed by atoms with Crippen molar-refractivity contribution < 1.29 is 4.79 Å². The number of carbonyl (C=O) groups excluding carboxylic acids is 1. The molecule has 0 aliphatic carbocycles. The number of aromatic nitrogens is 1. The van der Waals surface area contributed by atoms with E-state index in [-0.39, 0.29) is 5.91 Å². The fraction of sp³-hybridized carbons (Fsp3) is 0.625. The second-order valence-electron chi connectivity index (χ2n) is 5.95. The number of rotatable bonds is 4. The summed E-state index contributed by atoms with van der Waals surface area (Å²) in [5.41, 5.74) is 1.78. The average molecular weight is 305 g/mol. The fourth-order valence-corrected chi connectivity index (χ4v) is 4.31. The van der Waals surface area contributed by atoms with Gasteiger partial charge in [-0.05, 0) is 37.7 Å². The summed E-state index contributed by atoms with van der Waals surface area (Å²) in [6, 6.07) is 2.68. The topological polar surface area (TPSA) is 36.4 Å². The largest absolute Gasteiger partial charge is 0.330 e. The maximum atomic E-state index is 12.7. The van der Waals surface area contributed by atoms with Crippen LogP contribution >= 0.6 is 11.8 Å². The molecule has 3 atom stereocenters. The molecule has 0 aromatic carbocycles. The summed E-state index contributed by atoms with van der Waals surface area (Å²) >= 11 is 1.98. The van der Waals surface area contributed by atoms with E-state index in [0.29, 0.717) is 17.5 Å². The molecule has 3 aliphatic heterocycles. The number of fused-ring (bicyclic) bond motifs is 2. The van der Waals surface area contributed by atoms with Crippen LogP contribution in [-0.2, 0) is 0 Å². The Balaban J connectivity index is 1.68. The van der Waals surface area contributed by atoms with Gasteiger partial charge >= 0.3 is 0 Å². The molecule has 1 amide bonds. The number of hydrogen-bond donors (Lipinski definition) is 0. The third-order valence-corrected chi connectivity index (χ3v) is 5.76. The number of aryl methyl sites for hydroxylation is 1. The number of amides is 1. The molecule has 3 fully saturated rings. The molecule has 4 heterocycles. The molecule has 3 unspecified atom stereocenters. The molecule has 1 aromatic rings. The molecule has 0 N–H and O–H groups in total. The molecule has 0 radical (unpaired) electrons.